The zero-order valence-electron chi connectivity index (χ0n) is 23.4. The van der Waals surface area contributed by atoms with Crippen LogP contribution in [-0.2, 0) is 16.0 Å². The number of ether oxygens (including phenoxy) is 1. The number of hydrogen-bond acceptors (Lipinski definition) is 8. The van der Waals surface area contributed by atoms with Crippen LogP contribution in [0.3, 0.4) is 0 Å². The van der Waals surface area contributed by atoms with E-state index in [4.69, 9.17) is 32.2 Å². The van der Waals surface area contributed by atoms with Gasteiger partial charge in [-0.15, -0.1) is 0 Å². The van der Waals surface area contributed by atoms with Crippen LogP contribution in [0.15, 0.2) is 78.9 Å². The first-order valence-electron chi connectivity index (χ1n) is 12.7. The molecule has 0 fully saturated rings. The van der Waals surface area contributed by atoms with Crippen LogP contribution < -0.4 is 27.3 Å². The van der Waals surface area contributed by atoms with Gasteiger partial charge in [0.05, 0.1) is 12.7 Å². The van der Waals surface area contributed by atoms with Crippen molar-refractivity contribution in [3.05, 3.63) is 95.6 Å². The molecule has 0 aliphatic rings. The Hall–Kier alpha value is -4.58. The third kappa shape index (κ3) is 18.4. The van der Waals surface area contributed by atoms with Crippen molar-refractivity contribution in [3.8, 4) is 5.75 Å². The Morgan fingerprint density at radius 1 is 0.902 bits per heavy atom. The van der Waals surface area contributed by atoms with Crippen LogP contribution in [0.5, 0.6) is 5.75 Å². The van der Waals surface area contributed by atoms with Crippen LogP contribution >= 0.6 is 0 Å². The highest BCUT2D eigenvalue weighted by Gasteiger charge is 2.08. The molecule has 0 heterocycles. The summed E-state index contributed by atoms with van der Waals surface area (Å²) in [6.07, 6.45) is 2.89. The Kier molecular flexibility index (Phi) is 19.8. The van der Waals surface area contributed by atoms with Gasteiger partial charge in [-0.25, -0.2) is 4.79 Å². The summed E-state index contributed by atoms with van der Waals surface area (Å²) >= 11 is 0. The van der Waals surface area contributed by atoms with Crippen molar-refractivity contribution in [2.45, 2.75) is 32.2 Å². The number of nitrogens with two attached hydrogens (primary N) is 3. The molecule has 0 saturated carbocycles. The number of methoxy groups -OCH3 is 1. The zero-order valence-corrected chi connectivity index (χ0v) is 23.4. The van der Waals surface area contributed by atoms with Crippen molar-refractivity contribution in [3.63, 3.8) is 0 Å². The second kappa shape index (κ2) is 22.3. The van der Waals surface area contributed by atoms with Gasteiger partial charge in [0.25, 0.3) is 0 Å². The van der Waals surface area contributed by atoms with E-state index in [9.17, 15) is 19.2 Å². The third-order valence-corrected chi connectivity index (χ3v) is 5.02. The molecule has 1 unspecified atom stereocenters. The normalized spacial score (nSPS) is 10.1. The average Bonchev–Trinajstić information content (AvgIpc) is 2.97. The summed E-state index contributed by atoms with van der Waals surface area (Å²) in [5, 5.41) is 19.4. The number of aromatic carboxylic acids is 1. The number of carbonyl (C=O) groups is 4. The maximum Gasteiger partial charge on any atom is 0.335 e. The summed E-state index contributed by atoms with van der Waals surface area (Å²) < 4.78 is 4.86. The quantitative estimate of drug-likeness (QED) is 0.197. The highest BCUT2D eigenvalue weighted by molar-refractivity contribution is 5.89. The van der Waals surface area contributed by atoms with Crippen LogP contribution in [-0.4, -0.2) is 60.6 Å². The summed E-state index contributed by atoms with van der Waals surface area (Å²) in [5.74, 6) is -1.33. The van der Waals surface area contributed by atoms with Crippen LogP contribution in [0.4, 0.5) is 5.69 Å². The van der Waals surface area contributed by atoms with E-state index in [1.54, 1.807) is 36.4 Å². The summed E-state index contributed by atoms with van der Waals surface area (Å²) in [6.45, 7) is 2.68. The van der Waals surface area contributed by atoms with E-state index in [2.05, 4.69) is 17.4 Å². The predicted molar refractivity (Wildman–Crippen MR) is 159 cm³/mol. The Morgan fingerprint density at radius 2 is 1.49 bits per heavy atom. The molecule has 41 heavy (non-hydrogen) atoms. The lowest BCUT2D eigenvalue weighted by atomic mass is 10.2. The van der Waals surface area contributed by atoms with E-state index >= 15 is 0 Å². The maximum atomic E-state index is 10.6. The first kappa shape index (κ1) is 36.4. The number of rotatable bonds is 10. The Balaban J connectivity index is 0.000000525. The van der Waals surface area contributed by atoms with Gasteiger partial charge in [-0.05, 0) is 86.4 Å². The molecular weight excluding hydrogens is 528 g/mol. The molecule has 11 heteroatoms. The van der Waals surface area contributed by atoms with E-state index in [-0.39, 0.29) is 11.5 Å². The second-order valence-corrected chi connectivity index (χ2v) is 8.35. The Labute approximate surface area is 240 Å². The molecule has 0 bridgehead atoms. The minimum absolute atomic E-state index is 0.117. The first-order valence-corrected chi connectivity index (χ1v) is 12.7. The number of aliphatic carboxylic acids is 1. The van der Waals surface area contributed by atoms with E-state index in [0.29, 0.717) is 36.4 Å². The lowest BCUT2D eigenvalue weighted by Gasteiger charge is -2.02. The standard InChI is InChI=1S/C9H9NO2.C8H11N.C8H8O3.C5H12N2O2/c1-7(12)10-9-4-2-8(6-11)3-5-9;9-7-6-8-4-2-1-3-5-8;1-11-7-4-2-6(3-5-7)8(9)10;6-3-1-2-4(7)5(8)9/h2-6H,1H3,(H,10,12);1-5H,6-7,9H2;2-5H,1H3,(H,9,10);4H,1-3,6-7H2,(H,8,9). The maximum absolute atomic E-state index is 10.6. The lowest BCUT2D eigenvalue weighted by molar-refractivity contribution is -0.138. The molecule has 1 amide bonds. The molecule has 3 aromatic carbocycles. The molecule has 0 aromatic heterocycles. The SMILES string of the molecule is CC(=O)Nc1ccc(C=O)cc1.COc1ccc(C(=O)O)cc1.NCCCC(N)C(=O)O.NCCc1ccccc1. The van der Waals surface area contributed by atoms with Gasteiger partial charge in [0, 0.05) is 18.2 Å². The number of hydrogen-bond donors (Lipinski definition) is 6. The molecule has 0 radical (unpaired) electrons. The summed E-state index contributed by atoms with van der Waals surface area (Å²) in [5.41, 5.74) is 18.5. The average molecular weight is 569 g/mol. The molecule has 0 spiro atoms. The number of nitrogens with one attached hydrogen (secondary N) is 1. The van der Waals surface area contributed by atoms with Gasteiger partial charge in [0.2, 0.25) is 5.91 Å². The number of carboxylic acid groups (broad SMARTS) is 2. The minimum atomic E-state index is -0.955. The fraction of sp³-hybridized carbons (Fsp3) is 0.267. The third-order valence-electron chi connectivity index (χ3n) is 5.02. The molecular formula is C30H40N4O7. The molecule has 0 aliphatic heterocycles. The van der Waals surface area contributed by atoms with Crippen molar-refractivity contribution in [2.75, 3.05) is 25.5 Å². The second-order valence-electron chi connectivity index (χ2n) is 8.35. The van der Waals surface area contributed by atoms with Gasteiger partial charge < -0.3 is 37.5 Å². The predicted octanol–water partition coefficient (Wildman–Crippen LogP) is 3.18. The Bertz CT molecular complexity index is 1160. The van der Waals surface area contributed by atoms with Gasteiger partial charge in [-0.2, -0.15) is 0 Å². The number of amides is 1. The van der Waals surface area contributed by atoms with E-state index in [1.165, 1.54) is 31.7 Å². The number of carboxylic acids is 2. The fourth-order valence-electron chi connectivity index (χ4n) is 2.85. The van der Waals surface area contributed by atoms with Gasteiger partial charge in [0.1, 0.15) is 18.1 Å². The van der Waals surface area contributed by atoms with Crippen molar-refractivity contribution < 1.29 is 34.1 Å². The van der Waals surface area contributed by atoms with Crippen LogP contribution in [0.2, 0.25) is 0 Å². The fourth-order valence-corrected chi connectivity index (χ4v) is 2.85. The molecule has 9 N–H and O–H groups in total. The number of carbonyl (C=O) groups excluding carboxylic acids is 2. The summed E-state index contributed by atoms with van der Waals surface area (Å²) in [7, 11) is 1.54. The highest BCUT2D eigenvalue weighted by Crippen LogP contribution is 2.10. The smallest absolute Gasteiger partial charge is 0.335 e. The molecule has 0 aliphatic carbocycles. The van der Waals surface area contributed by atoms with Gasteiger partial charge >= 0.3 is 11.9 Å². The lowest BCUT2D eigenvalue weighted by Crippen LogP contribution is -2.30. The largest absolute Gasteiger partial charge is 0.497 e. The minimum Gasteiger partial charge on any atom is -0.497 e. The van der Waals surface area contributed by atoms with E-state index < -0.39 is 18.0 Å². The highest BCUT2D eigenvalue weighted by atomic mass is 16.5. The number of benzene rings is 3. The van der Waals surface area contributed by atoms with Gasteiger partial charge in [0.15, 0.2) is 0 Å². The molecule has 1 atom stereocenters. The van der Waals surface area contributed by atoms with Crippen molar-refractivity contribution in [1.82, 2.24) is 0 Å². The monoisotopic (exact) mass is 568 g/mol. The molecule has 11 nitrogen and oxygen atoms in total. The van der Waals surface area contributed by atoms with Crippen molar-refractivity contribution >= 4 is 29.8 Å². The zero-order chi connectivity index (χ0) is 31.0. The van der Waals surface area contributed by atoms with Crippen LogP contribution in [0.1, 0.15) is 46.0 Å². The van der Waals surface area contributed by atoms with Gasteiger partial charge in [-0.3, -0.25) is 14.4 Å². The first-order chi connectivity index (χ1) is 19.6. The molecule has 222 valence electrons. The number of aldehydes is 1. The topological polar surface area (TPSA) is 208 Å². The van der Waals surface area contributed by atoms with E-state index in [1.807, 2.05) is 18.2 Å². The summed E-state index contributed by atoms with van der Waals surface area (Å²) in [6, 6.07) is 22.4. The van der Waals surface area contributed by atoms with Crippen LogP contribution in [0, 0.1) is 0 Å². The molecule has 3 aromatic rings. The van der Waals surface area contributed by atoms with Crippen LogP contribution in [0.25, 0.3) is 0 Å². The summed E-state index contributed by atoms with van der Waals surface area (Å²) in [4.78, 5) is 41.2. The Morgan fingerprint density at radius 3 is 1.90 bits per heavy atom. The van der Waals surface area contributed by atoms with Crippen molar-refractivity contribution in [2.24, 2.45) is 17.2 Å². The molecule has 0 saturated heterocycles. The molecule has 3 rings (SSSR count). The van der Waals surface area contributed by atoms with Gasteiger partial charge in [-0.1, -0.05) is 30.3 Å². The van der Waals surface area contributed by atoms with Crippen molar-refractivity contribution in [1.29, 1.82) is 0 Å². The van der Waals surface area contributed by atoms with E-state index in [0.717, 1.165) is 19.3 Å². The number of anilines is 1.